The minimum atomic E-state index is -4.00. The zero-order valence-corrected chi connectivity index (χ0v) is 23.2. The normalized spacial score (nSPS) is 12.4. The first-order valence-corrected chi connectivity index (χ1v) is 13.2. The third kappa shape index (κ3) is 7.20. The predicted molar refractivity (Wildman–Crippen MR) is 142 cm³/mol. The van der Waals surface area contributed by atoms with Gasteiger partial charge in [0.15, 0.2) is 0 Å². The summed E-state index contributed by atoms with van der Waals surface area (Å²) in [5.74, 6) is -0.149. The van der Waals surface area contributed by atoms with Crippen molar-refractivity contribution in [2.45, 2.75) is 53.2 Å². The molecule has 0 radical (unpaired) electrons. The van der Waals surface area contributed by atoms with E-state index in [4.69, 9.17) is 4.74 Å². The second kappa shape index (κ2) is 12.2. The van der Waals surface area contributed by atoms with Crippen LogP contribution >= 0.6 is 0 Å². The highest BCUT2D eigenvalue weighted by Gasteiger charge is 2.33. The molecule has 0 aliphatic heterocycles. The molecule has 0 aromatic heterocycles. The van der Waals surface area contributed by atoms with E-state index in [1.54, 1.807) is 39.2 Å². The summed E-state index contributed by atoms with van der Waals surface area (Å²) in [6.45, 7) is 8.64. The van der Waals surface area contributed by atoms with Gasteiger partial charge in [-0.05, 0) is 69.5 Å². The Bertz CT molecular complexity index is 1160. The molecule has 0 fully saturated rings. The van der Waals surface area contributed by atoms with E-state index in [2.05, 4.69) is 5.32 Å². The minimum Gasteiger partial charge on any atom is -0.497 e. The van der Waals surface area contributed by atoms with Gasteiger partial charge in [0.2, 0.25) is 11.8 Å². The van der Waals surface area contributed by atoms with Crippen molar-refractivity contribution in [3.63, 3.8) is 0 Å². The molecule has 0 saturated heterocycles. The van der Waals surface area contributed by atoms with E-state index in [1.807, 2.05) is 45.0 Å². The molecule has 2 amide bonds. The standard InChI is InChI=1S/C26H38N4O5S/c1-18(2)27-26(32)21(5)29(16-22-11-13-23(35-8)14-12-22)25(31)17-30(36(33,34)28(6)7)24-15-19(3)9-10-20(24)4/h9-15,18,21H,16-17H2,1-8H3,(H,27,32). The quantitative estimate of drug-likeness (QED) is 0.493. The van der Waals surface area contributed by atoms with Crippen LogP contribution in [0.5, 0.6) is 5.75 Å². The first-order chi connectivity index (χ1) is 16.8. The van der Waals surface area contributed by atoms with Gasteiger partial charge in [0.05, 0.1) is 12.8 Å². The number of aryl methyl sites for hydroxylation is 2. The highest BCUT2D eigenvalue weighted by atomic mass is 32.2. The van der Waals surface area contributed by atoms with Crippen LogP contribution in [0.2, 0.25) is 0 Å². The van der Waals surface area contributed by atoms with Crippen molar-refractivity contribution in [2.24, 2.45) is 0 Å². The predicted octanol–water partition coefficient (Wildman–Crippen LogP) is 2.87. The molecule has 198 valence electrons. The zero-order chi connectivity index (χ0) is 27.2. The van der Waals surface area contributed by atoms with Crippen molar-refractivity contribution in [3.8, 4) is 5.75 Å². The van der Waals surface area contributed by atoms with E-state index in [9.17, 15) is 18.0 Å². The van der Waals surface area contributed by atoms with Crippen LogP contribution in [-0.2, 0) is 26.3 Å². The number of amides is 2. The fourth-order valence-electron chi connectivity index (χ4n) is 3.61. The number of ether oxygens (including phenoxy) is 1. The Morgan fingerprint density at radius 2 is 1.61 bits per heavy atom. The van der Waals surface area contributed by atoms with Crippen LogP contribution in [0.3, 0.4) is 0 Å². The van der Waals surface area contributed by atoms with E-state index in [0.29, 0.717) is 17.0 Å². The van der Waals surface area contributed by atoms with Gasteiger partial charge in [-0.2, -0.15) is 12.7 Å². The van der Waals surface area contributed by atoms with Gasteiger partial charge in [-0.25, -0.2) is 4.31 Å². The van der Waals surface area contributed by atoms with Gasteiger partial charge < -0.3 is 15.0 Å². The monoisotopic (exact) mass is 518 g/mol. The summed E-state index contributed by atoms with van der Waals surface area (Å²) < 4.78 is 34.0. The lowest BCUT2D eigenvalue weighted by molar-refractivity contribution is -0.139. The zero-order valence-electron chi connectivity index (χ0n) is 22.4. The van der Waals surface area contributed by atoms with E-state index in [1.165, 1.54) is 19.0 Å². The molecule has 0 saturated carbocycles. The van der Waals surface area contributed by atoms with Gasteiger partial charge in [-0.3, -0.25) is 9.59 Å². The number of carbonyl (C=O) groups is 2. The number of hydrogen-bond acceptors (Lipinski definition) is 5. The second-order valence-electron chi connectivity index (χ2n) is 9.30. The number of rotatable bonds is 11. The highest BCUT2D eigenvalue weighted by Crippen LogP contribution is 2.26. The summed E-state index contributed by atoms with van der Waals surface area (Å²) in [7, 11) is 0.406. The second-order valence-corrected chi connectivity index (χ2v) is 11.4. The summed E-state index contributed by atoms with van der Waals surface area (Å²) in [6, 6.07) is 11.7. The van der Waals surface area contributed by atoms with E-state index < -0.39 is 28.7 Å². The van der Waals surface area contributed by atoms with Crippen LogP contribution in [0, 0.1) is 13.8 Å². The van der Waals surface area contributed by atoms with Crippen molar-refractivity contribution in [1.29, 1.82) is 0 Å². The Hall–Kier alpha value is -3.11. The van der Waals surface area contributed by atoms with Crippen LogP contribution < -0.4 is 14.4 Å². The first-order valence-electron chi connectivity index (χ1n) is 11.8. The maximum absolute atomic E-state index is 13.7. The van der Waals surface area contributed by atoms with Crippen molar-refractivity contribution >= 4 is 27.7 Å². The van der Waals surface area contributed by atoms with Crippen LogP contribution in [0.25, 0.3) is 0 Å². The average Bonchev–Trinajstić information content (AvgIpc) is 2.81. The molecule has 1 N–H and O–H groups in total. The molecule has 2 aromatic rings. The molecule has 10 heteroatoms. The van der Waals surface area contributed by atoms with E-state index >= 15 is 0 Å². The van der Waals surface area contributed by atoms with Crippen molar-refractivity contribution in [1.82, 2.24) is 14.5 Å². The van der Waals surface area contributed by atoms with Crippen molar-refractivity contribution < 1.29 is 22.7 Å². The lowest BCUT2D eigenvalue weighted by atomic mass is 10.1. The van der Waals surface area contributed by atoms with Crippen LogP contribution in [0.15, 0.2) is 42.5 Å². The topological polar surface area (TPSA) is 99.3 Å². The summed E-state index contributed by atoms with van der Waals surface area (Å²) in [5, 5.41) is 2.84. The smallest absolute Gasteiger partial charge is 0.304 e. The maximum Gasteiger partial charge on any atom is 0.304 e. The van der Waals surface area contributed by atoms with Gasteiger partial charge in [0, 0.05) is 26.7 Å². The largest absolute Gasteiger partial charge is 0.497 e. The molecule has 2 aromatic carbocycles. The third-order valence-corrected chi connectivity index (χ3v) is 7.57. The molecule has 1 atom stereocenters. The lowest BCUT2D eigenvalue weighted by Crippen LogP contribution is -2.53. The number of methoxy groups -OCH3 is 1. The van der Waals surface area contributed by atoms with Gasteiger partial charge in [0.1, 0.15) is 18.3 Å². The van der Waals surface area contributed by atoms with E-state index in [0.717, 1.165) is 19.7 Å². The van der Waals surface area contributed by atoms with Crippen LogP contribution in [0.1, 0.15) is 37.5 Å². The van der Waals surface area contributed by atoms with Crippen LogP contribution in [-0.4, -0.2) is 69.3 Å². The molecule has 1 unspecified atom stereocenters. The number of anilines is 1. The van der Waals surface area contributed by atoms with E-state index in [-0.39, 0.29) is 18.5 Å². The van der Waals surface area contributed by atoms with Gasteiger partial charge >= 0.3 is 10.2 Å². The van der Waals surface area contributed by atoms with Gasteiger partial charge in [-0.1, -0.05) is 24.3 Å². The van der Waals surface area contributed by atoms with Crippen molar-refractivity contribution in [2.75, 3.05) is 32.1 Å². The fourth-order valence-corrected chi connectivity index (χ4v) is 4.72. The molecule has 9 nitrogen and oxygen atoms in total. The Labute approximate surface area is 215 Å². The Kier molecular flexibility index (Phi) is 9.89. The number of nitrogens with one attached hydrogen (secondary N) is 1. The third-order valence-electron chi connectivity index (χ3n) is 5.76. The molecule has 0 spiro atoms. The molecule has 2 rings (SSSR count). The SMILES string of the molecule is COc1ccc(CN(C(=O)CN(c2cc(C)ccc2C)S(=O)(=O)N(C)C)C(C)C(=O)NC(C)C)cc1. The highest BCUT2D eigenvalue weighted by molar-refractivity contribution is 7.90. The number of benzene rings is 2. The summed E-state index contributed by atoms with van der Waals surface area (Å²) in [4.78, 5) is 28.0. The number of hydrogen-bond donors (Lipinski definition) is 1. The summed E-state index contributed by atoms with van der Waals surface area (Å²) >= 11 is 0. The number of carbonyl (C=O) groups excluding carboxylic acids is 2. The summed E-state index contributed by atoms with van der Waals surface area (Å²) in [6.07, 6.45) is 0. The molecular formula is C26H38N4O5S. The average molecular weight is 519 g/mol. The minimum absolute atomic E-state index is 0.113. The Morgan fingerprint density at radius 3 is 2.14 bits per heavy atom. The molecule has 36 heavy (non-hydrogen) atoms. The van der Waals surface area contributed by atoms with Gasteiger partial charge in [0.25, 0.3) is 0 Å². The first kappa shape index (κ1) is 29.1. The Morgan fingerprint density at radius 1 is 1.00 bits per heavy atom. The maximum atomic E-state index is 13.7. The molecule has 0 bridgehead atoms. The lowest BCUT2D eigenvalue weighted by Gasteiger charge is -2.33. The molecule has 0 heterocycles. The number of nitrogens with zero attached hydrogens (tertiary/aromatic N) is 3. The summed E-state index contributed by atoms with van der Waals surface area (Å²) in [5.41, 5.74) is 2.77. The molecule has 0 aliphatic rings. The van der Waals surface area contributed by atoms with Crippen molar-refractivity contribution in [3.05, 3.63) is 59.2 Å². The molecular weight excluding hydrogens is 480 g/mol. The van der Waals surface area contributed by atoms with Gasteiger partial charge in [-0.15, -0.1) is 0 Å². The molecule has 0 aliphatic carbocycles. The Balaban J connectivity index is 2.50. The van der Waals surface area contributed by atoms with Crippen LogP contribution in [0.4, 0.5) is 5.69 Å². The fraction of sp³-hybridized carbons (Fsp3) is 0.462.